The minimum atomic E-state index is -1.34. The van der Waals surface area contributed by atoms with Crippen molar-refractivity contribution in [3.8, 4) is 5.75 Å². The zero-order chi connectivity index (χ0) is 37.4. The molecule has 4 aliphatic rings. The molecule has 10 atom stereocenters. The van der Waals surface area contributed by atoms with Crippen LogP contribution in [0, 0.1) is 34.0 Å². The third-order valence-electron chi connectivity index (χ3n) is 12.6. The van der Waals surface area contributed by atoms with Gasteiger partial charge in [0.25, 0.3) is 0 Å². The van der Waals surface area contributed by atoms with Crippen molar-refractivity contribution in [3.05, 3.63) is 54.1 Å². The van der Waals surface area contributed by atoms with Crippen molar-refractivity contribution < 1.29 is 52.7 Å². The van der Waals surface area contributed by atoms with Crippen LogP contribution in [0.5, 0.6) is 5.75 Å². The maximum atomic E-state index is 13.1. The maximum Gasteiger partial charge on any atom is 0.303 e. The second-order valence-corrected chi connectivity index (χ2v) is 15.4. The van der Waals surface area contributed by atoms with E-state index in [9.17, 15) is 24.3 Å². The molecular formula is C40H54O11. The highest BCUT2D eigenvalue weighted by Gasteiger charge is 2.76. The van der Waals surface area contributed by atoms with E-state index in [0.29, 0.717) is 56.6 Å². The first-order valence-corrected chi connectivity index (χ1v) is 18.0. The van der Waals surface area contributed by atoms with Crippen LogP contribution in [-0.4, -0.2) is 79.3 Å². The molecule has 1 N–H and O–H groups in total. The fraction of sp³-hybridized carbons (Fsp3) is 0.650. The van der Waals surface area contributed by atoms with Crippen LogP contribution < -0.4 is 4.74 Å². The van der Waals surface area contributed by atoms with Crippen molar-refractivity contribution in [2.75, 3.05) is 26.4 Å². The second kappa shape index (κ2) is 14.7. The predicted molar refractivity (Wildman–Crippen MR) is 186 cm³/mol. The average molecular weight is 711 g/mol. The van der Waals surface area contributed by atoms with Crippen LogP contribution in [0.15, 0.2) is 48.6 Å². The Labute approximate surface area is 301 Å². The first kappa shape index (κ1) is 38.5. The lowest BCUT2D eigenvalue weighted by atomic mass is 9.36. The number of carbonyl (C=O) groups is 4. The Morgan fingerprint density at radius 1 is 0.961 bits per heavy atom. The first-order valence-electron chi connectivity index (χ1n) is 18.0. The number of hydrogen-bond acceptors (Lipinski definition) is 11. The van der Waals surface area contributed by atoms with Crippen LogP contribution >= 0.6 is 0 Å². The summed E-state index contributed by atoms with van der Waals surface area (Å²) >= 11 is 0. The van der Waals surface area contributed by atoms with Crippen LogP contribution in [0.25, 0.3) is 0 Å². The minimum Gasteiger partial charge on any atom is -0.489 e. The summed E-state index contributed by atoms with van der Waals surface area (Å²) in [5.41, 5.74) is -2.17. The van der Waals surface area contributed by atoms with Crippen molar-refractivity contribution in [1.29, 1.82) is 0 Å². The molecule has 51 heavy (non-hydrogen) atoms. The van der Waals surface area contributed by atoms with E-state index in [1.54, 1.807) is 6.08 Å². The van der Waals surface area contributed by atoms with Crippen LogP contribution in [0.1, 0.15) is 79.7 Å². The Bertz CT molecular complexity index is 1550. The average Bonchev–Trinajstić information content (AvgIpc) is 3.49. The highest BCUT2D eigenvalue weighted by atomic mass is 16.6. The second-order valence-electron chi connectivity index (χ2n) is 15.4. The topological polar surface area (TPSA) is 144 Å². The van der Waals surface area contributed by atoms with Gasteiger partial charge in [-0.3, -0.25) is 19.2 Å². The summed E-state index contributed by atoms with van der Waals surface area (Å²) < 4.78 is 36.3. The molecule has 1 unspecified atom stereocenters. The molecule has 1 saturated heterocycles. The van der Waals surface area contributed by atoms with Crippen molar-refractivity contribution in [3.63, 3.8) is 0 Å². The van der Waals surface area contributed by atoms with E-state index in [4.69, 9.17) is 28.4 Å². The number of benzene rings is 1. The smallest absolute Gasteiger partial charge is 0.303 e. The largest absolute Gasteiger partial charge is 0.489 e. The molecule has 1 aromatic carbocycles. The third kappa shape index (κ3) is 6.83. The number of hydrogen-bond donors (Lipinski definition) is 1. The maximum absolute atomic E-state index is 13.1. The van der Waals surface area contributed by atoms with E-state index in [-0.39, 0.29) is 19.1 Å². The van der Waals surface area contributed by atoms with Crippen LogP contribution in [0.4, 0.5) is 0 Å². The molecule has 0 amide bonds. The summed E-state index contributed by atoms with van der Waals surface area (Å²) in [4.78, 5) is 50.6. The van der Waals surface area contributed by atoms with Gasteiger partial charge < -0.3 is 33.5 Å². The molecule has 0 bridgehead atoms. The Morgan fingerprint density at radius 3 is 2.29 bits per heavy atom. The summed E-state index contributed by atoms with van der Waals surface area (Å²) in [5, 5.41) is 13.0. The van der Waals surface area contributed by atoms with Gasteiger partial charge in [-0.05, 0) is 73.6 Å². The fourth-order valence-corrected chi connectivity index (χ4v) is 10.7. The Hall–Kier alpha value is -3.70. The molecule has 5 rings (SSSR count). The van der Waals surface area contributed by atoms with Gasteiger partial charge in [-0.2, -0.15) is 0 Å². The Morgan fingerprint density at radius 2 is 1.65 bits per heavy atom. The Balaban J connectivity index is 1.67. The van der Waals surface area contributed by atoms with Crippen LogP contribution in [0.2, 0.25) is 0 Å². The minimum absolute atomic E-state index is 0.0656. The number of aliphatic hydroxyl groups is 1. The summed E-state index contributed by atoms with van der Waals surface area (Å²) in [6.45, 7) is 16.1. The zero-order valence-corrected chi connectivity index (χ0v) is 31.0. The van der Waals surface area contributed by atoms with Gasteiger partial charge in [-0.1, -0.05) is 44.7 Å². The van der Waals surface area contributed by atoms with Crippen molar-refractivity contribution in [2.24, 2.45) is 34.0 Å². The standard InChI is InChI=1S/C40H54O11/c1-9-19-48-30-13-11-10-12-29(30)14-17-40(45)24(2)21-33(49-26(4)42)38(8)31(40)15-16-37(7)32-22-46-23-39(32,18-20-47-25(3)41)36(51-28(6)44)34(35(37)38)50-27(5)43/h9-13,21,31-36,45H,1,14-20,22-23H2,2-8H3/t31-,32+,33-,34+,35?,36+,37+,38-,39+,40-/m1/s1. The summed E-state index contributed by atoms with van der Waals surface area (Å²) in [5.74, 6) is -2.54. The molecule has 1 aliphatic heterocycles. The van der Waals surface area contributed by atoms with E-state index in [2.05, 4.69) is 13.5 Å². The fourth-order valence-electron chi connectivity index (χ4n) is 10.7. The predicted octanol–water partition coefficient (Wildman–Crippen LogP) is 5.31. The molecule has 0 radical (unpaired) electrons. The number of aryl methyl sites for hydroxylation is 1. The highest BCUT2D eigenvalue weighted by Crippen LogP contribution is 2.72. The van der Waals surface area contributed by atoms with Gasteiger partial charge in [-0.15, -0.1) is 0 Å². The van der Waals surface area contributed by atoms with Crippen molar-refractivity contribution >= 4 is 23.9 Å². The molecule has 1 aromatic rings. The molecular weight excluding hydrogens is 656 g/mol. The summed E-state index contributed by atoms with van der Waals surface area (Å²) in [6.07, 6.45) is 3.13. The van der Waals surface area contributed by atoms with E-state index >= 15 is 0 Å². The normalized spacial score (nSPS) is 36.7. The lowest BCUT2D eigenvalue weighted by Crippen LogP contribution is -2.74. The summed E-state index contributed by atoms with van der Waals surface area (Å²) in [7, 11) is 0. The quantitative estimate of drug-likeness (QED) is 0.171. The van der Waals surface area contributed by atoms with Crippen molar-refractivity contribution in [1.82, 2.24) is 0 Å². The molecule has 11 nitrogen and oxygen atoms in total. The number of esters is 4. The molecule has 3 fully saturated rings. The highest BCUT2D eigenvalue weighted by molar-refractivity contribution is 5.68. The number of ether oxygens (including phenoxy) is 6. The van der Waals surface area contributed by atoms with Gasteiger partial charge in [0.15, 0.2) is 0 Å². The van der Waals surface area contributed by atoms with E-state index < -0.39 is 75.9 Å². The first-order chi connectivity index (χ1) is 24.0. The van der Waals surface area contributed by atoms with Crippen LogP contribution in [0.3, 0.4) is 0 Å². The molecule has 0 aromatic heterocycles. The monoisotopic (exact) mass is 710 g/mol. The molecule has 0 spiro atoms. The van der Waals surface area contributed by atoms with Crippen LogP contribution in [-0.2, 0) is 49.3 Å². The Kier molecular flexibility index (Phi) is 11.1. The molecule has 3 aliphatic carbocycles. The molecule has 280 valence electrons. The van der Waals surface area contributed by atoms with Crippen molar-refractivity contribution in [2.45, 2.75) is 104 Å². The number of para-hydroxylation sites is 1. The number of fused-ring (bicyclic) bond motifs is 5. The molecule has 1 heterocycles. The van der Waals surface area contributed by atoms with E-state index in [0.717, 1.165) is 5.56 Å². The SMILES string of the molecule is C=CCOc1ccccc1CC[C@@]1(O)C(C)=C[C@@H](OC(C)=O)[C@]2(C)C3[C@H](OC(C)=O)[C@H](OC(C)=O)[C@@]4(CCOC(C)=O)COC[C@H]4[C@]3(C)CC[C@H]21. The zero-order valence-electron chi connectivity index (χ0n) is 31.0. The number of carbonyl (C=O) groups excluding carboxylic acids is 4. The van der Waals surface area contributed by atoms with Gasteiger partial charge in [-0.25, -0.2) is 0 Å². The molecule has 2 saturated carbocycles. The third-order valence-corrected chi connectivity index (χ3v) is 12.6. The van der Waals surface area contributed by atoms with Gasteiger partial charge in [0, 0.05) is 50.4 Å². The van der Waals surface area contributed by atoms with E-state index in [1.807, 2.05) is 44.2 Å². The van der Waals surface area contributed by atoms with Gasteiger partial charge in [0.05, 0.1) is 25.4 Å². The summed E-state index contributed by atoms with van der Waals surface area (Å²) in [6, 6.07) is 7.73. The van der Waals surface area contributed by atoms with Gasteiger partial charge in [0.2, 0.25) is 0 Å². The number of rotatable bonds is 12. The lowest BCUT2D eigenvalue weighted by Gasteiger charge is -2.70. The van der Waals surface area contributed by atoms with E-state index in [1.165, 1.54) is 27.7 Å². The lowest BCUT2D eigenvalue weighted by molar-refractivity contribution is -0.287. The molecule has 11 heteroatoms. The van der Waals surface area contributed by atoms with Gasteiger partial charge >= 0.3 is 23.9 Å². The van der Waals surface area contributed by atoms with Gasteiger partial charge in [0.1, 0.15) is 30.7 Å².